The van der Waals surface area contributed by atoms with Gasteiger partial charge in [-0.15, -0.1) is 0 Å². The second-order valence-electron chi connectivity index (χ2n) is 8.20. The number of rotatable bonds is 6. The predicted octanol–water partition coefficient (Wildman–Crippen LogP) is 5.35. The average molecular weight is 560 g/mol. The number of furan rings is 1. The Morgan fingerprint density at radius 3 is 2.76 bits per heavy atom. The van der Waals surface area contributed by atoms with E-state index in [0.717, 1.165) is 20.3 Å². The Bertz CT molecular complexity index is 1430. The van der Waals surface area contributed by atoms with Crippen LogP contribution in [0.5, 0.6) is 0 Å². The fourth-order valence-electron chi connectivity index (χ4n) is 4.10. The number of amides is 1. The molecule has 0 saturated carbocycles. The maximum Gasteiger partial charge on any atom is 0.247 e. The second kappa shape index (κ2) is 9.26. The number of fused-ring (bicyclic) bond motifs is 1. The summed E-state index contributed by atoms with van der Waals surface area (Å²) < 4.78 is 35.6. The summed E-state index contributed by atoms with van der Waals surface area (Å²) in [6.07, 6.45) is 2.62. The Morgan fingerprint density at radius 1 is 1.24 bits per heavy atom. The first-order valence-electron chi connectivity index (χ1n) is 10.8. The van der Waals surface area contributed by atoms with E-state index < -0.39 is 16.1 Å². The highest BCUT2D eigenvalue weighted by atomic mass is 79.9. The van der Waals surface area contributed by atoms with Crippen molar-refractivity contribution in [2.75, 3.05) is 11.4 Å². The van der Waals surface area contributed by atoms with Gasteiger partial charge in [0, 0.05) is 11.0 Å². The Labute approximate surface area is 210 Å². The van der Waals surface area contributed by atoms with Gasteiger partial charge in [0.1, 0.15) is 11.8 Å². The van der Waals surface area contributed by atoms with Crippen LogP contribution in [-0.2, 0) is 21.4 Å². The van der Waals surface area contributed by atoms with Gasteiger partial charge in [-0.05, 0) is 62.2 Å². The Hall–Kier alpha value is -2.53. The first kappa shape index (κ1) is 23.2. The lowest BCUT2D eigenvalue weighted by Gasteiger charge is -2.28. The fraction of sp³-hybridized carbons (Fsp3) is 0.250. The lowest BCUT2D eigenvalue weighted by Crippen LogP contribution is -2.47. The average Bonchev–Trinajstić information content (AvgIpc) is 3.57. The molecule has 1 atom stereocenters. The van der Waals surface area contributed by atoms with Crippen LogP contribution in [0.1, 0.15) is 24.2 Å². The van der Waals surface area contributed by atoms with E-state index in [1.807, 2.05) is 25.1 Å². The summed E-state index contributed by atoms with van der Waals surface area (Å²) in [5, 5.41) is 0.508. The van der Waals surface area contributed by atoms with Crippen LogP contribution in [-0.4, -0.2) is 36.2 Å². The number of thiazole rings is 1. The molecule has 1 aliphatic heterocycles. The number of benzene rings is 2. The number of hydrogen-bond donors (Lipinski definition) is 0. The molecule has 3 heterocycles. The number of sulfonamides is 1. The molecular weight excluding hydrogens is 538 g/mol. The molecule has 1 fully saturated rings. The largest absolute Gasteiger partial charge is 0.467 e. The van der Waals surface area contributed by atoms with Crippen molar-refractivity contribution in [3.8, 4) is 0 Å². The maximum absolute atomic E-state index is 13.9. The van der Waals surface area contributed by atoms with Gasteiger partial charge in [-0.3, -0.25) is 9.69 Å². The Morgan fingerprint density at radius 2 is 2.03 bits per heavy atom. The molecule has 1 amide bonds. The van der Waals surface area contributed by atoms with Crippen molar-refractivity contribution in [1.29, 1.82) is 0 Å². The quantitative estimate of drug-likeness (QED) is 0.318. The number of carbonyl (C=O) groups is 1. The highest BCUT2D eigenvalue weighted by Gasteiger charge is 2.42. The van der Waals surface area contributed by atoms with E-state index in [1.54, 1.807) is 47.6 Å². The third-order valence-corrected chi connectivity index (χ3v) is 9.30. The molecule has 0 spiro atoms. The van der Waals surface area contributed by atoms with Crippen LogP contribution >= 0.6 is 27.3 Å². The zero-order chi connectivity index (χ0) is 23.9. The minimum Gasteiger partial charge on any atom is -0.467 e. The third kappa shape index (κ3) is 4.43. The van der Waals surface area contributed by atoms with Gasteiger partial charge in [-0.2, -0.15) is 4.31 Å². The number of halogens is 1. The number of carbonyl (C=O) groups excluding carboxylic acids is 1. The molecule has 1 aliphatic rings. The molecule has 0 bridgehead atoms. The zero-order valence-corrected chi connectivity index (χ0v) is 21.6. The van der Waals surface area contributed by atoms with Crippen molar-refractivity contribution >= 4 is 58.5 Å². The highest BCUT2D eigenvalue weighted by Crippen LogP contribution is 2.34. The van der Waals surface area contributed by atoms with Gasteiger partial charge >= 0.3 is 0 Å². The van der Waals surface area contributed by atoms with E-state index in [0.29, 0.717) is 30.3 Å². The van der Waals surface area contributed by atoms with Crippen molar-refractivity contribution in [3.05, 3.63) is 76.7 Å². The summed E-state index contributed by atoms with van der Waals surface area (Å²) in [4.78, 5) is 20.3. The molecule has 4 aromatic rings. The van der Waals surface area contributed by atoms with Crippen LogP contribution in [0.25, 0.3) is 10.2 Å². The van der Waals surface area contributed by atoms with E-state index in [2.05, 4.69) is 20.9 Å². The summed E-state index contributed by atoms with van der Waals surface area (Å²) in [7, 11) is -3.82. The molecule has 34 heavy (non-hydrogen) atoms. The molecule has 1 unspecified atom stereocenters. The molecule has 2 aromatic carbocycles. The first-order chi connectivity index (χ1) is 16.3. The van der Waals surface area contributed by atoms with Crippen LogP contribution in [0.3, 0.4) is 0 Å². The van der Waals surface area contributed by atoms with Crippen molar-refractivity contribution in [2.45, 2.75) is 37.2 Å². The summed E-state index contributed by atoms with van der Waals surface area (Å²) in [6.45, 7) is 2.37. The topological polar surface area (TPSA) is 83.7 Å². The minimum atomic E-state index is -3.82. The van der Waals surface area contributed by atoms with Gasteiger partial charge in [0.05, 0.1) is 27.9 Å². The van der Waals surface area contributed by atoms with Gasteiger partial charge in [-0.1, -0.05) is 45.0 Å². The van der Waals surface area contributed by atoms with Crippen LogP contribution in [0, 0.1) is 6.92 Å². The lowest BCUT2D eigenvalue weighted by molar-refractivity contribution is -0.121. The molecule has 0 N–H and O–H groups in total. The summed E-state index contributed by atoms with van der Waals surface area (Å²) in [5.74, 6) is 0.294. The van der Waals surface area contributed by atoms with Gasteiger partial charge < -0.3 is 4.42 Å². The summed E-state index contributed by atoms with van der Waals surface area (Å²) in [6, 6.07) is 15.2. The van der Waals surface area contributed by atoms with Crippen molar-refractivity contribution in [2.24, 2.45) is 0 Å². The number of aromatic nitrogens is 1. The molecule has 7 nitrogen and oxygen atoms in total. The lowest BCUT2D eigenvalue weighted by atomic mass is 10.2. The van der Waals surface area contributed by atoms with Crippen molar-refractivity contribution in [1.82, 2.24) is 9.29 Å². The third-order valence-electron chi connectivity index (χ3n) is 5.85. The normalized spacial score (nSPS) is 16.8. The molecule has 176 valence electrons. The summed E-state index contributed by atoms with van der Waals surface area (Å²) >= 11 is 4.87. The standard InChI is InChI=1S/C24H22BrN3O4S2/c1-16-6-9-19(10-7-16)34(30,31)28-12-2-5-21(28)23(29)27(15-18-4-3-13-32-18)24-26-20-11-8-17(25)14-22(20)33-24/h3-4,6-11,13-14,21H,2,5,12,15H2,1H3. The molecule has 5 rings (SSSR count). The second-order valence-corrected chi connectivity index (χ2v) is 12.0. The maximum atomic E-state index is 13.9. The van der Waals surface area contributed by atoms with E-state index in [-0.39, 0.29) is 17.3 Å². The van der Waals surface area contributed by atoms with Gasteiger partial charge in [0.15, 0.2) is 5.13 Å². The molecule has 10 heteroatoms. The molecular formula is C24H22BrN3O4S2. The van der Waals surface area contributed by atoms with Crippen LogP contribution in [0.15, 0.2) is 74.6 Å². The number of hydrogen-bond acceptors (Lipinski definition) is 6. The fourth-order valence-corrected chi connectivity index (χ4v) is 7.27. The SMILES string of the molecule is Cc1ccc(S(=O)(=O)N2CCCC2C(=O)N(Cc2ccco2)c2nc3ccc(Br)cc3s2)cc1. The van der Waals surface area contributed by atoms with E-state index in [4.69, 9.17) is 4.42 Å². The smallest absolute Gasteiger partial charge is 0.247 e. The molecule has 0 radical (unpaired) electrons. The molecule has 1 saturated heterocycles. The van der Waals surface area contributed by atoms with E-state index >= 15 is 0 Å². The molecule has 0 aliphatic carbocycles. The van der Waals surface area contributed by atoms with Crippen molar-refractivity contribution in [3.63, 3.8) is 0 Å². The van der Waals surface area contributed by atoms with Crippen LogP contribution in [0.2, 0.25) is 0 Å². The number of nitrogens with zero attached hydrogens (tertiary/aromatic N) is 3. The first-order valence-corrected chi connectivity index (χ1v) is 13.9. The highest BCUT2D eigenvalue weighted by molar-refractivity contribution is 9.10. The van der Waals surface area contributed by atoms with Crippen LogP contribution in [0.4, 0.5) is 5.13 Å². The Balaban J connectivity index is 1.51. The summed E-state index contributed by atoms with van der Waals surface area (Å²) in [5.41, 5.74) is 1.75. The van der Waals surface area contributed by atoms with E-state index in [1.165, 1.54) is 15.6 Å². The monoisotopic (exact) mass is 559 g/mol. The number of aryl methyl sites for hydroxylation is 1. The van der Waals surface area contributed by atoms with Gasteiger partial charge in [-0.25, -0.2) is 13.4 Å². The van der Waals surface area contributed by atoms with Crippen molar-refractivity contribution < 1.29 is 17.6 Å². The van der Waals surface area contributed by atoms with E-state index in [9.17, 15) is 13.2 Å². The Kier molecular flexibility index (Phi) is 6.32. The predicted molar refractivity (Wildman–Crippen MR) is 135 cm³/mol. The molecule has 2 aromatic heterocycles. The minimum absolute atomic E-state index is 0.168. The van der Waals surface area contributed by atoms with Crippen LogP contribution < -0.4 is 4.90 Å². The van der Waals surface area contributed by atoms with Gasteiger partial charge in [0.25, 0.3) is 0 Å². The zero-order valence-electron chi connectivity index (χ0n) is 18.3. The van der Waals surface area contributed by atoms with Gasteiger partial charge in [0.2, 0.25) is 15.9 Å². The number of anilines is 1.